The smallest absolute Gasteiger partial charge is 0.0715 e. The first kappa shape index (κ1) is 8.48. The molecule has 52 valence electrons. The topological polar surface area (TPSA) is 20.2 Å². The minimum atomic E-state index is 0.0989. The lowest BCUT2D eigenvalue weighted by atomic mass is 10.1. The van der Waals surface area contributed by atoms with Crippen LogP contribution in [0.1, 0.15) is 20.3 Å². The summed E-state index contributed by atoms with van der Waals surface area (Å²) >= 11 is 0. The summed E-state index contributed by atoms with van der Waals surface area (Å²) in [4.78, 5) is 0. The Morgan fingerprint density at radius 1 is 1.67 bits per heavy atom. The molecule has 0 spiro atoms. The molecule has 0 aliphatic rings. The molecular formula is C8H14O. The summed E-state index contributed by atoms with van der Waals surface area (Å²) in [5, 5.41) is 8.64. The van der Waals surface area contributed by atoms with Crippen molar-refractivity contribution in [2.24, 2.45) is 5.92 Å². The highest BCUT2D eigenvalue weighted by molar-refractivity contribution is 4.99. The summed E-state index contributed by atoms with van der Waals surface area (Å²) in [6.45, 7) is 7.77. The van der Waals surface area contributed by atoms with Gasteiger partial charge in [-0.05, 0) is 17.9 Å². The Balaban J connectivity index is 3.72. The van der Waals surface area contributed by atoms with Gasteiger partial charge in [-0.15, -0.1) is 5.73 Å². The molecule has 0 saturated carbocycles. The van der Waals surface area contributed by atoms with Crippen molar-refractivity contribution in [1.82, 2.24) is 0 Å². The first-order valence-corrected chi connectivity index (χ1v) is 3.19. The molecule has 1 nitrogen and oxygen atoms in total. The summed E-state index contributed by atoms with van der Waals surface area (Å²) in [5.41, 5.74) is 3.61. The third-order valence-electron chi connectivity index (χ3n) is 1.10. The number of aliphatic hydroxyl groups excluding tert-OH is 1. The zero-order valence-corrected chi connectivity index (χ0v) is 6.15. The third kappa shape index (κ3) is 4.01. The summed E-state index contributed by atoms with van der Waals surface area (Å²) < 4.78 is 0. The van der Waals surface area contributed by atoms with Crippen LogP contribution < -0.4 is 0 Å². The fourth-order valence-electron chi connectivity index (χ4n) is 0.685. The van der Waals surface area contributed by atoms with Crippen LogP contribution in [-0.2, 0) is 0 Å². The van der Waals surface area contributed by atoms with E-state index in [1.54, 1.807) is 0 Å². The first-order chi connectivity index (χ1) is 4.20. The maximum absolute atomic E-state index is 8.64. The predicted molar refractivity (Wildman–Crippen MR) is 39.2 cm³/mol. The molecule has 0 aromatic rings. The summed E-state index contributed by atoms with van der Waals surface area (Å²) in [6.07, 6.45) is 0.903. The fourth-order valence-corrected chi connectivity index (χ4v) is 0.685. The SMILES string of the molecule is C=C=C(CO)CC(C)C. The second-order valence-corrected chi connectivity index (χ2v) is 2.54. The third-order valence-corrected chi connectivity index (χ3v) is 1.10. The number of rotatable bonds is 3. The van der Waals surface area contributed by atoms with Crippen molar-refractivity contribution in [3.05, 3.63) is 17.9 Å². The van der Waals surface area contributed by atoms with E-state index in [1.165, 1.54) is 0 Å². The van der Waals surface area contributed by atoms with Crippen LogP contribution >= 0.6 is 0 Å². The molecule has 0 aliphatic heterocycles. The van der Waals surface area contributed by atoms with Gasteiger partial charge in [0.1, 0.15) is 0 Å². The van der Waals surface area contributed by atoms with Crippen molar-refractivity contribution in [3.8, 4) is 0 Å². The van der Waals surface area contributed by atoms with Gasteiger partial charge in [0.25, 0.3) is 0 Å². The number of aliphatic hydroxyl groups is 1. The van der Waals surface area contributed by atoms with Gasteiger partial charge in [-0.1, -0.05) is 20.4 Å². The number of hydrogen-bond donors (Lipinski definition) is 1. The van der Waals surface area contributed by atoms with Crippen LogP contribution in [0.15, 0.2) is 17.9 Å². The van der Waals surface area contributed by atoms with Crippen LogP contribution in [0.3, 0.4) is 0 Å². The molecule has 0 atom stereocenters. The normalized spacial score (nSPS) is 9.33. The Labute approximate surface area is 56.7 Å². The van der Waals surface area contributed by atoms with Gasteiger partial charge in [0.2, 0.25) is 0 Å². The summed E-state index contributed by atoms with van der Waals surface area (Å²) in [7, 11) is 0. The summed E-state index contributed by atoms with van der Waals surface area (Å²) in [5.74, 6) is 0.585. The number of hydrogen-bond acceptors (Lipinski definition) is 1. The zero-order valence-electron chi connectivity index (χ0n) is 6.15. The predicted octanol–water partition coefficient (Wildman–Crippen LogP) is 1.74. The van der Waals surface area contributed by atoms with E-state index in [2.05, 4.69) is 26.2 Å². The van der Waals surface area contributed by atoms with E-state index in [0.717, 1.165) is 12.0 Å². The van der Waals surface area contributed by atoms with Gasteiger partial charge in [0, 0.05) is 0 Å². The molecular weight excluding hydrogens is 112 g/mol. The molecule has 0 rings (SSSR count). The van der Waals surface area contributed by atoms with Crippen molar-refractivity contribution in [2.75, 3.05) is 6.61 Å². The quantitative estimate of drug-likeness (QED) is 0.571. The van der Waals surface area contributed by atoms with E-state index >= 15 is 0 Å². The highest BCUT2D eigenvalue weighted by atomic mass is 16.3. The lowest BCUT2D eigenvalue weighted by Crippen LogP contribution is -1.94. The average molecular weight is 126 g/mol. The molecule has 0 amide bonds. The molecule has 1 heteroatoms. The van der Waals surface area contributed by atoms with Gasteiger partial charge in [0.15, 0.2) is 0 Å². The van der Waals surface area contributed by atoms with Gasteiger partial charge in [-0.3, -0.25) is 0 Å². The van der Waals surface area contributed by atoms with Gasteiger partial charge < -0.3 is 5.11 Å². The van der Waals surface area contributed by atoms with Gasteiger partial charge in [-0.2, -0.15) is 0 Å². The van der Waals surface area contributed by atoms with E-state index in [0.29, 0.717) is 5.92 Å². The maximum atomic E-state index is 8.64. The zero-order chi connectivity index (χ0) is 7.28. The van der Waals surface area contributed by atoms with Crippen molar-refractivity contribution in [1.29, 1.82) is 0 Å². The molecule has 0 fully saturated rings. The second kappa shape index (κ2) is 4.37. The van der Waals surface area contributed by atoms with E-state index in [-0.39, 0.29) is 6.61 Å². The largest absolute Gasteiger partial charge is 0.391 e. The molecule has 0 saturated heterocycles. The van der Waals surface area contributed by atoms with E-state index in [1.807, 2.05) is 0 Å². The molecule has 0 unspecified atom stereocenters. The Bertz CT molecular complexity index is 119. The highest BCUT2D eigenvalue weighted by Gasteiger charge is 1.96. The van der Waals surface area contributed by atoms with Gasteiger partial charge >= 0.3 is 0 Å². The van der Waals surface area contributed by atoms with E-state index in [4.69, 9.17) is 5.11 Å². The molecule has 0 aliphatic carbocycles. The van der Waals surface area contributed by atoms with Crippen molar-refractivity contribution in [3.63, 3.8) is 0 Å². The van der Waals surface area contributed by atoms with Crippen LogP contribution in [0.2, 0.25) is 0 Å². The minimum absolute atomic E-state index is 0.0989. The van der Waals surface area contributed by atoms with Crippen molar-refractivity contribution >= 4 is 0 Å². The fraction of sp³-hybridized carbons (Fsp3) is 0.625. The molecule has 9 heavy (non-hydrogen) atoms. The van der Waals surface area contributed by atoms with Crippen LogP contribution in [0.25, 0.3) is 0 Å². The van der Waals surface area contributed by atoms with Crippen molar-refractivity contribution in [2.45, 2.75) is 20.3 Å². The van der Waals surface area contributed by atoms with Crippen molar-refractivity contribution < 1.29 is 5.11 Å². The highest BCUT2D eigenvalue weighted by Crippen LogP contribution is 2.07. The second-order valence-electron chi connectivity index (χ2n) is 2.54. The Morgan fingerprint density at radius 2 is 2.22 bits per heavy atom. The average Bonchev–Trinajstić information content (AvgIpc) is 1.82. The van der Waals surface area contributed by atoms with Gasteiger partial charge in [-0.25, -0.2) is 0 Å². The van der Waals surface area contributed by atoms with Crippen LogP contribution in [0.5, 0.6) is 0 Å². The van der Waals surface area contributed by atoms with Crippen LogP contribution in [0.4, 0.5) is 0 Å². The summed E-state index contributed by atoms with van der Waals surface area (Å²) in [6, 6.07) is 0. The Kier molecular flexibility index (Phi) is 4.12. The van der Waals surface area contributed by atoms with E-state index in [9.17, 15) is 0 Å². The lowest BCUT2D eigenvalue weighted by molar-refractivity contribution is 0.322. The lowest BCUT2D eigenvalue weighted by Gasteiger charge is -2.02. The molecule has 0 bridgehead atoms. The molecule has 1 N–H and O–H groups in total. The molecule has 0 aromatic carbocycles. The van der Waals surface area contributed by atoms with Crippen LogP contribution in [0, 0.1) is 5.92 Å². The molecule has 0 aromatic heterocycles. The molecule has 0 radical (unpaired) electrons. The Hall–Kier alpha value is -0.520. The van der Waals surface area contributed by atoms with Crippen LogP contribution in [-0.4, -0.2) is 11.7 Å². The molecule has 0 heterocycles. The standard InChI is InChI=1S/C8H14O/c1-4-8(6-9)5-7(2)3/h7,9H,1,5-6H2,2-3H3. The minimum Gasteiger partial charge on any atom is -0.391 e. The maximum Gasteiger partial charge on any atom is 0.0715 e. The van der Waals surface area contributed by atoms with E-state index < -0.39 is 0 Å². The Morgan fingerprint density at radius 3 is 2.33 bits per heavy atom. The first-order valence-electron chi connectivity index (χ1n) is 3.19. The van der Waals surface area contributed by atoms with Gasteiger partial charge in [0.05, 0.1) is 6.61 Å². The monoisotopic (exact) mass is 126 g/mol.